The van der Waals surface area contributed by atoms with Crippen LogP contribution in [0.4, 0.5) is 0 Å². The first-order valence-corrected chi connectivity index (χ1v) is 12.3. The summed E-state index contributed by atoms with van der Waals surface area (Å²) in [5, 5.41) is 12.0. The van der Waals surface area contributed by atoms with Crippen LogP contribution in [0.2, 0.25) is 5.04 Å². The molecule has 0 aliphatic carbocycles. The van der Waals surface area contributed by atoms with Crippen LogP contribution in [-0.4, -0.2) is 38.8 Å². The van der Waals surface area contributed by atoms with Gasteiger partial charge in [-0.1, -0.05) is 88.4 Å². The smallest absolute Gasteiger partial charge is 0.261 e. The van der Waals surface area contributed by atoms with E-state index >= 15 is 0 Å². The molecular weight excluding hydrogens is 364 g/mol. The monoisotopic (exact) mass is 398 g/mol. The lowest BCUT2D eigenvalue weighted by Gasteiger charge is -2.43. The number of ether oxygens (including phenoxy) is 1. The molecule has 1 aliphatic rings. The normalized spacial score (nSPS) is 21.6. The molecular formula is C24H34O3Si. The van der Waals surface area contributed by atoms with E-state index < -0.39 is 8.32 Å². The van der Waals surface area contributed by atoms with Crippen molar-refractivity contribution >= 4 is 18.7 Å². The molecule has 152 valence electrons. The van der Waals surface area contributed by atoms with Crippen molar-refractivity contribution < 1.29 is 14.3 Å². The van der Waals surface area contributed by atoms with Crippen molar-refractivity contribution in [3.8, 4) is 0 Å². The summed E-state index contributed by atoms with van der Waals surface area (Å²) in [6.07, 6.45) is 2.08. The van der Waals surface area contributed by atoms with Gasteiger partial charge in [-0.2, -0.15) is 0 Å². The number of rotatable bonds is 7. The number of hydrogen-bond acceptors (Lipinski definition) is 3. The van der Waals surface area contributed by atoms with Crippen molar-refractivity contribution in [3.63, 3.8) is 0 Å². The molecule has 4 heteroatoms. The van der Waals surface area contributed by atoms with E-state index in [1.54, 1.807) is 0 Å². The van der Waals surface area contributed by atoms with Gasteiger partial charge in [-0.25, -0.2) is 0 Å². The van der Waals surface area contributed by atoms with Gasteiger partial charge in [0.05, 0.1) is 18.8 Å². The van der Waals surface area contributed by atoms with Gasteiger partial charge in [0.25, 0.3) is 8.32 Å². The molecule has 1 N–H and O–H groups in total. The highest BCUT2D eigenvalue weighted by molar-refractivity contribution is 6.99. The van der Waals surface area contributed by atoms with Gasteiger partial charge in [-0.15, -0.1) is 0 Å². The molecule has 1 aliphatic heterocycles. The predicted molar refractivity (Wildman–Crippen MR) is 118 cm³/mol. The molecule has 0 radical (unpaired) electrons. The van der Waals surface area contributed by atoms with Crippen LogP contribution in [0.5, 0.6) is 0 Å². The summed E-state index contributed by atoms with van der Waals surface area (Å²) in [5.41, 5.74) is 0. The number of benzene rings is 2. The van der Waals surface area contributed by atoms with Crippen molar-refractivity contribution in [2.75, 3.05) is 13.2 Å². The third kappa shape index (κ3) is 4.25. The molecule has 3 rings (SSSR count). The molecule has 2 aromatic rings. The topological polar surface area (TPSA) is 38.7 Å². The van der Waals surface area contributed by atoms with Crippen LogP contribution in [0.15, 0.2) is 60.7 Å². The fourth-order valence-corrected chi connectivity index (χ4v) is 9.08. The number of aliphatic hydroxyl groups excluding tert-OH is 1. The van der Waals surface area contributed by atoms with Crippen molar-refractivity contribution in [1.82, 2.24) is 0 Å². The number of aliphatic hydroxyl groups is 1. The van der Waals surface area contributed by atoms with Gasteiger partial charge >= 0.3 is 0 Å². The largest absolute Gasteiger partial charge is 0.407 e. The molecule has 0 aromatic heterocycles. The second-order valence-electron chi connectivity index (χ2n) is 9.01. The zero-order valence-electron chi connectivity index (χ0n) is 17.6. The van der Waals surface area contributed by atoms with Crippen LogP contribution in [0.25, 0.3) is 0 Å². The lowest BCUT2D eigenvalue weighted by Crippen LogP contribution is -2.67. The molecule has 28 heavy (non-hydrogen) atoms. The van der Waals surface area contributed by atoms with Gasteiger partial charge in [0, 0.05) is 12.5 Å². The molecule has 0 bridgehead atoms. The zero-order chi connectivity index (χ0) is 20.2. The quantitative estimate of drug-likeness (QED) is 0.722. The third-order valence-corrected chi connectivity index (χ3v) is 11.0. The molecule has 2 aromatic carbocycles. The Labute approximate surface area is 170 Å². The summed E-state index contributed by atoms with van der Waals surface area (Å²) < 4.78 is 13.0. The van der Waals surface area contributed by atoms with E-state index in [0.29, 0.717) is 6.61 Å². The molecule has 0 saturated carbocycles. The van der Waals surface area contributed by atoms with E-state index in [0.717, 1.165) is 12.8 Å². The Hall–Kier alpha value is -1.46. The average molecular weight is 399 g/mol. The first-order chi connectivity index (χ1) is 13.4. The second kappa shape index (κ2) is 8.91. The van der Waals surface area contributed by atoms with Crippen molar-refractivity contribution in [3.05, 3.63) is 60.7 Å². The summed E-state index contributed by atoms with van der Waals surface area (Å²) in [5.74, 6) is 0.290. The highest BCUT2D eigenvalue weighted by Gasteiger charge is 2.50. The van der Waals surface area contributed by atoms with Gasteiger partial charge in [-0.3, -0.25) is 0 Å². The van der Waals surface area contributed by atoms with E-state index in [1.165, 1.54) is 10.4 Å². The molecule has 1 heterocycles. The zero-order valence-corrected chi connectivity index (χ0v) is 18.6. The summed E-state index contributed by atoms with van der Waals surface area (Å²) in [7, 11) is -2.49. The average Bonchev–Trinajstić information content (AvgIpc) is 3.18. The minimum absolute atomic E-state index is 0.0136. The highest BCUT2D eigenvalue weighted by Crippen LogP contribution is 2.37. The highest BCUT2D eigenvalue weighted by atomic mass is 28.4. The minimum Gasteiger partial charge on any atom is -0.407 e. The summed E-state index contributed by atoms with van der Waals surface area (Å²) in [4.78, 5) is 0. The van der Waals surface area contributed by atoms with Gasteiger partial charge in [0.15, 0.2) is 0 Å². The lowest BCUT2D eigenvalue weighted by atomic mass is 10.0. The molecule has 0 unspecified atom stereocenters. The summed E-state index contributed by atoms with van der Waals surface area (Å²) in [6.45, 7) is 9.89. The lowest BCUT2D eigenvalue weighted by molar-refractivity contribution is -0.0201. The van der Waals surface area contributed by atoms with Crippen LogP contribution in [-0.2, 0) is 9.16 Å². The van der Waals surface area contributed by atoms with Gasteiger partial charge in [-0.05, 0) is 28.3 Å². The van der Waals surface area contributed by atoms with E-state index in [1.807, 2.05) is 0 Å². The number of hydrogen-bond donors (Lipinski definition) is 1. The molecule has 3 atom stereocenters. The standard InChI is InChI=1S/C24H34O3Si/c1-19(23-16-15-20(17-25)27-23)18-26-28(24(2,3)4,21-11-7-5-8-12-21)22-13-9-6-10-14-22/h5-14,19-20,23,25H,15-18H2,1-4H3/t19-,20+,23+/m1/s1. The fourth-order valence-electron chi connectivity index (χ4n) is 4.41. The Bertz CT molecular complexity index is 687. The summed E-state index contributed by atoms with van der Waals surface area (Å²) >= 11 is 0. The Morgan fingerprint density at radius 1 is 1.00 bits per heavy atom. The predicted octanol–water partition coefficient (Wildman–Crippen LogP) is 3.74. The Kier molecular flexibility index (Phi) is 6.76. The molecule has 1 fully saturated rings. The van der Waals surface area contributed by atoms with Crippen LogP contribution in [0, 0.1) is 5.92 Å². The second-order valence-corrected chi connectivity index (χ2v) is 13.3. The molecule has 1 saturated heterocycles. The minimum atomic E-state index is -2.49. The van der Waals surface area contributed by atoms with Gasteiger partial charge < -0.3 is 14.3 Å². The SMILES string of the molecule is C[C@H](CO[Si](c1ccccc1)(c1ccccc1)C(C)(C)C)[C@@H]1CC[C@@H](CO)O1. The first kappa shape index (κ1) is 21.3. The van der Waals surface area contributed by atoms with Gasteiger partial charge in [0.2, 0.25) is 0 Å². The summed E-state index contributed by atoms with van der Waals surface area (Å²) in [6, 6.07) is 21.5. The third-order valence-electron chi connectivity index (χ3n) is 5.96. The van der Waals surface area contributed by atoms with Crippen LogP contribution in [0.3, 0.4) is 0 Å². The molecule has 0 amide bonds. The maximum Gasteiger partial charge on any atom is 0.261 e. The first-order valence-electron chi connectivity index (χ1n) is 10.4. The Morgan fingerprint density at radius 2 is 1.54 bits per heavy atom. The molecule has 3 nitrogen and oxygen atoms in total. The van der Waals surface area contributed by atoms with E-state index in [-0.39, 0.29) is 29.8 Å². The van der Waals surface area contributed by atoms with Gasteiger partial charge in [0.1, 0.15) is 0 Å². The molecule has 0 spiro atoms. The maximum absolute atomic E-state index is 9.38. The maximum atomic E-state index is 9.38. The van der Waals surface area contributed by atoms with Crippen LogP contribution >= 0.6 is 0 Å². The fraction of sp³-hybridized carbons (Fsp3) is 0.500. The van der Waals surface area contributed by atoms with Crippen LogP contribution in [0.1, 0.15) is 40.5 Å². The Balaban J connectivity index is 1.93. The van der Waals surface area contributed by atoms with E-state index in [2.05, 4.69) is 88.4 Å². The van der Waals surface area contributed by atoms with Crippen LogP contribution < -0.4 is 10.4 Å². The Morgan fingerprint density at radius 3 is 1.96 bits per heavy atom. The van der Waals surface area contributed by atoms with E-state index in [4.69, 9.17) is 9.16 Å². The van der Waals surface area contributed by atoms with Crippen molar-refractivity contribution in [2.45, 2.75) is 57.8 Å². The van der Waals surface area contributed by atoms with E-state index in [9.17, 15) is 5.11 Å². The van der Waals surface area contributed by atoms with Crippen molar-refractivity contribution in [1.29, 1.82) is 0 Å². The van der Waals surface area contributed by atoms with Crippen molar-refractivity contribution in [2.24, 2.45) is 5.92 Å².